The van der Waals surface area contributed by atoms with E-state index >= 15 is 0 Å². The van der Waals surface area contributed by atoms with Crippen LogP contribution in [0.1, 0.15) is 36.8 Å². The quantitative estimate of drug-likeness (QED) is 0.202. The van der Waals surface area contributed by atoms with E-state index in [2.05, 4.69) is 21.6 Å². The van der Waals surface area contributed by atoms with Gasteiger partial charge in [-0.05, 0) is 55.7 Å². The molecule has 0 unspecified atom stereocenters. The molecule has 0 radical (unpaired) electrons. The lowest BCUT2D eigenvalue weighted by atomic mass is 10.0. The number of piperidine rings is 1. The Hall–Kier alpha value is -5.46. The van der Waals surface area contributed by atoms with Crippen molar-refractivity contribution in [3.05, 3.63) is 71.4 Å². The van der Waals surface area contributed by atoms with Gasteiger partial charge >= 0.3 is 0 Å². The normalized spacial score (nSPS) is 17.8. The Kier molecular flexibility index (Phi) is 9.38. The summed E-state index contributed by atoms with van der Waals surface area (Å²) in [6.45, 7) is 4.38. The molecule has 1 aromatic carbocycles. The molecule has 256 valence electrons. The van der Waals surface area contributed by atoms with Crippen LogP contribution >= 0.6 is 11.3 Å². The highest BCUT2D eigenvalue weighted by Gasteiger charge is 2.32. The van der Waals surface area contributed by atoms with Gasteiger partial charge in [-0.2, -0.15) is 5.26 Å². The Labute approximate surface area is 291 Å². The van der Waals surface area contributed by atoms with Gasteiger partial charge in [0.25, 0.3) is 6.47 Å². The Morgan fingerprint density at radius 3 is 2.58 bits per heavy atom. The number of pyridine rings is 1. The summed E-state index contributed by atoms with van der Waals surface area (Å²) in [5, 5.41) is 16.7. The van der Waals surface area contributed by atoms with E-state index < -0.39 is 0 Å². The van der Waals surface area contributed by atoms with E-state index in [4.69, 9.17) is 24.7 Å². The standard InChI is InChI=1S/C35H35FN10O3S/c1-3-27-33(44(2)35-43-31(29(15-37)50-35)21-4-7-24(36)8-5-21)46-19-22(6-9-30(46)42-27)23-16-39-34(40-17-23)45-12-10-25(11-13-45)41-32(48)28-14-26(18-38-28)49-20-47/h4-9,16-17,19-20,25-26,28,38H,3,10-14,18H2,1-2H3,(H,41,48)/t26-,28+/m1/s1. The average Bonchev–Trinajstić information content (AvgIpc) is 3.89. The molecule has 0 aliphatic carbocycles. The summed E-state index contributed by atoms with van der Waals surface area (Å²) in [6, 6.07) is 11.9. The lowest BCUT2D eigenvalue weighted by Crippen LogP contribution is -2.49. The van der Waals surface area contributed by atoms with Crippen LogP contribution in [0.3, 0.4) is 0 Å². The van der Waals surface area contributed by atoms with Crippen molar-refractivity contribution in [2.24, 2.45) is 0 Å². The molecule has 7 rings (SSSR count). The van der Waals surface area contributed by atoms with Gasteiger partial charge in [0.15, 0.2) is 5.13 Å². The van der Waals surface area contributed by atoms with Gasteiger partial charge in [-0.15, -0.1) is 0 Å². The van der Waals surface area contributed by atoms with E-state index in [0.717, 1.165) is 41.1 Å². The van der Waals surface area contributed by atoms with Gasteiger partial charge in [0.05, 0.1) is 11.7 Å². The Balaban J connectivity index is 1.05. The minimum Gasteiger partial charge on any atom is -0.463 e. The lowest BCUT2D eigenvalue weighted by Gasteiger charge is -2.32. The van der Waals surface area contributed by atoms with E-state index in [1.165, 1.54) is 23.5 Å². The van der Waals surface area contributed by atoms with Crippen molar-refractivity contribution in [1.82, 2.24) is 35.0 Å². The first-order chi connectivity index (χ1) is 24.3. The number of aromatic nitrogens is 5. The zero-order chi connectivity index (χ0) is 34.8. The minimum atomic E-state index is -0.357. The smallest absolute Gasteiger partial charge is 0.293 e. The van der Waals surface area contributed by atoms with Crippen LogP contribution in [0.5, 0.6) is 0 Å². The molecule has 0 spiro atoms. The highest BCUT2D eigenvalue weighted by Crippen LogP contribution is 2.37. The summed E-state index contributed by atoms with van der Waals surface area (Å²) < 4.78 is 20.6. The van der Waals surface area contributed by atoms with Gasteiger partial charge in [0.2, 0.25) is 11.9 Å². The monoisotopic (exact) mass is 694 g/mol. The number of nitriles is 1. The highest BCUT2D eigenvalue weighted by molar-refractivity contribution is 7.16. The van der Waals surface area contributed by atoms with Crippen molar-refractivity contribution in [2.45, 2.75) is 50.8 Å². The zero-order valence-electron chi connectivity index (χ0n) is 27.5. The summed E-state index contributed by atoms with van der Waals surface area (Å²) in [6.07, 6.45) is 8.07. The number of anilines is 3. The summed E-state index contributed by atoms with van der Waals surface area (Å²) >= 11 is 1.27. The molecule has 5 aromatic rings. The van der Waals surface area contributed by atoms with Gasteiger partial charge in [0.1, 0.15) is 40.0 Å². The molecule has 2 aliphatic rings. The number of hydrogen-bond acceptors (Lipinski definition) is 12. The predicted octanol–water partition coefficient (Wildman–Crippen LogP) is 4.24. The molecule has 2 N–H and O–H groups in total. The molecule has 13 nitrogen and oxygen atoms in total. The molecule has 0 saturated carbocycles. The van der Waals surface area contributed by atoms with Gasteiger partial charge in [-0.1, -0.05) is 18.3 Å². The van der Waals surface area contributed by atoms with E-state index in [-0.39, 0.29) is 29.9 Å². The number of hydrogen-bond donors (Lipinski definition) is 2. The summed E-state index contributed by atoms with van der Waals surface area (Å²) in [4.78, 5) is 46.9. The first-order valence-corrected chi connectivity index (χ1v) is 17.3. The molecule has 2 fully saturated rings. The van der Waals surface area contributed by atoms with Crippen LogP contribution in [0.2, 0.25) is 0 Å². The van der Waals surface area contributed by atoms with Crippen LogP contribution in [-0.4, -0.2) is 81.6 Å². The number of nitrogens with zero attached hydrogens (tertiary/aromatic N) is 8. The predicted molar refractivity (Wildman–Crippen MR) is 187 cm³/mol. The molecule has 15 heteroatoms. The number of benzene rings is 1. The van der Waals surface area contributed by atoms with E-state index in [9.17, 15) is 19.2 Å². The van der Waals surface area contributed by atoms with Crippen LogP contribution in [0, 0.1) is 17.1 Å². The molecular formula is C35H35FN10O3S. The van der Waals surface area contributed by atoms with E-state index in [1.54, 1.807) is 12.1 Å². The van der Waals surface area contributed by atoms with Crippen LogP contribution in [-0.2, 0) is 20.7 Å². The fraction of sp³-hybridized carbons (Fsp3) is 0.343. The highest BCUT2D eigenvalue weighted by atomic mass is 32.1. The molecule has 2 atom stereocenters. The van der Waals surface area contributed by atoms with Crippen LogP contribution in [0.25, 0.3) is 28.0 Å². The van der Waals surface area contributed by atoms with Crippen molar-refractivity contribution in [1.29, 1.82) is 5.26 Å². The first-order valence-electron chi connectivity index (χ1n) is 16.5. The Morgan fingerprint density at radius 1 is 1.14 bits per heavy atom. The molecule has 2 saturated heterocycles. The summed E-state index contributed by atoms with van der Waals surface area (Å²) in [5.41, 5.74) is 4.59. The maximum atomic E-state index is 13.6. The molecular weight excluding hydrogens is 660 g/mol. The second-order valence-corrected chi connectivity index (χ2v) is 13.3. The fourth-order valence-corrected chi connectivity index (χ4v) is 7.36. The number of amides is 1. The number of ether oxygens (including phenoxy) is 1. The minimum absolute atomic E-state index is 0.0541. The maximum Gasteiger partial charge on any atom is 0.293 e. The third-order valence-electron chi connectivity index (χ3n) is 9.19. The second-order valence-electron chi connectivity index (χ2n) is 12.3. The Bertz CT molecular complexity index is 2050. The van der Waals surface area contributed by atoms with Crippen molar-refractivity contribution in [2.75, 3.05) is 36.5 Å². The van der Waals surface area contributed by atoms with Crippen molar-refractivity contribution < 1.29 is 18.7 Å². The number of imidazole rings is 1. The van der Waals surface area contributed by atoms with Crippen molar-refractivity contribution >= 4 is 46.3 Å². The van der Waals surface area contributed by atoms with Gasteiger partial charge in [-0.25, -0.2) is 24.3 Å². The van der Waals surface area contributed by atoms with Crippen LogP contribution in [0.4, 0.5) is 21.3 Å². The first kappa shape index (κ1) is 33.1. The molecule has 0 bridgehead atoms. The summed E-state index contributed by atoms with van der Waals surface area (Å²) in [7, 11) is 1.90. The number of aryl methyl sites for hydroxylation is 1. The zero-order valence-corrected chi connectivity index (χ0v) is 28.4. The molecule has 50 heavy (non-hydrogen) atoms. The van der Waals surface area contributed by atoms with Crippen LogP contribution in [0.15, 0.2) is 55.0 Å². The number of thiazole rings is 1. The van der Waals surface area contributed by atoms with Gasteiger partial charge in [-0.3, -0.25) is 14.0 Å². The average molecular weight is 695 g/mol. The van der Waals surface area contributed by atoms with E-state index in [1.807, 2.05) is 54.0 Å². The number of fused-ring (bicyclic) bond motifs is 1. The number of rotatable bonds is 10. The summed E-state index contributed by atoms with van der Waals surface area (Å²) in [5.74, 6) is 1.05. The molecule has 4 aromatic heterocycles. The molecule has 6 heterocycles. The Morgan fingerprint density at radius 2 is 1.88 bits per heavy atom. The second kappa shape index (κ2) is 14.2. The number of carbonyl (C=O) groups is 2. The van der Waals surface area contributed by atoms with E-state index in [0.29, 0.717) is 66.2 Å². The third kappa shape index (κ3) is 6.59. The lowest BCUT2D eigenvalue weighted by molar-refractivity contribution is -0.133. The fourth-order valence-electron chi connectivity index (χ4n) is 6.51. The topological polar surface area (TPSA) is 154 Å². The number of halogens is 1. The molecule has 1 amide bonds. The third-order valence-corrected chi connectivity index (χ3v) is 10.2. The number of nitrogens with one attached hydrogen (secondary N) is 2. The van der Waals surface area contributed by atoms with Crippen LogP contribution < -0.4 is 20.4 Å². The number of carbonyl (C=O) groups excluding carboxylic acids is 2. The van der Waals surface area contributed by atoms with Gasteiger partial charge < -0.3 is 25.2 Å². The largest absolute Gasteiger partial charge is 0.463 e. The van der Waals surface area contributed by atoms with Crippen molar-refractivity contribution in [3.63, 3.8) is 0 Å². The van der Waals surface area contributed by atoms with Gasteiger partial charge in [0, 0.05) is 74.4 Å². The SMILES string of the molecule is CCc1nc2ccc(-c3cnc(N4CCC(NC(=O)[C@@H]5C[C@@H](OC=O)CN5)CC4)nc3)cn2c1N(C)c1nc(-c2ccc(F)cc2)c(C#N)s1. The molecule has 2 aliphatic heterocycles. The maximum absolute atomic E-state index is 13.6. The van der Waals surface area contributed by atoms with Crippen molar-refractivity contribution in [3.8, 4) is 28.5 Å².